The number of ether oxygens (including phenoxy) is 1. The lowest BCUT2D eigenvalue weighted by Gasteiger charge is -2.30. The molecule has 7 heteroatoms. The molecule has 1 aromatic rings. The molecule has 25 heavy (non-hydrogen) atoms. The van der Waals surface area contributed by atoms with Crippen LogP contribution in [0.25, 0.3) is 0 Å². The Morgan fingerprint density at radius 2 is 2.00 bits per heavy atom. The first-order chi connectivity index (χ1) is 11.7. The molecule has 0 atom stereocenters. The first-order valence-corrected chi connectivity index (χ1v) is 10.1. The van der Waals surface area contributed by atoms with Crippen LogP contribution in [0.1, 0.15) is 44.2 Å². The molecule has 136 valence electrons. The molecule has 0 aromatic heterocycles. The number of benzene rings is 1. The van der Waals surface area contributed by atoms with Gasteiger partial charge in [-0.1, -0.05) is 6.07 Å². The smallest absolute Gasteiger partial charge is 0.238 e. The van der Waals surface area contributed by atoms with Crippen LogP contribution in [0.3, 0.4) is 0 Å². The van der Waals surface area contributed by atoms with Gasteiger partial charge in [0.2, 0.25) is 10.0 Å². The fourth-order valence-corrected chi connectivity index (χ4v) is 4.09. The number of aliphatic imine (C=N–C) groups is 1. The first kappa shape index (κ1) is 18.2. The largest absolute Gasteiger partial charge is 0.381 e. The number of Topliss-reactive ketones (excluding diaryl/α,β-unsaturated/α-hetero) is 1. The minimum atomic E-state index is -3.79. The van der Waals surface area contributed by atoms with Crippen LogP contribution in [0.15, 0.2) is 28.1 Å². The normalized spacial score (nSPS) is 20.7. The highest BCUT2D eigenvalue weighted by Crippen LogP contribution is 2.30. The van der Waals surface area contributed by atoms with Gasteiger partial charge >= 0.3 is 0 Å². The molecule has 0 amide bonds. The molecule has 1 fully saturated rings. The van der Waals surface area contributed by atoms with Gasteiger partial charge in [0.1, 0.15) is 5.78 Å². The van der Waals surface area contributed by atoms with Gasteiger partial charge in [-0.3, -0.25) is 9.79 Å². The van der Waals surface area contributed by atoms with Crippen LogP contribution in [0.4, 0.5) is 0 Å². The Kier molecular flexibility index (Phi) is 4.83. The number of ketones is 1. The van der Waals surface area contributed by atoms with E-state index >= 15 is 0 Å². The molecule has 1 saturated heterocycles. The molecule has 0 unspecified atom stereocenters. The van der Waals surface area contributed by atoms with Crippen LogP contribution in [0, 0.1) is 5.92 Å². The molecule has 6 nitrogen and oxygen atoms in total. The van der Waals surface area contributed by atoms with Crippen molar-refractivity contribution >= 4 is 21.5 Å². The lowest BCUT2D eigenvalue weighted by molar-refractivity contribution is -0.124. The monoisotopic (exact) mass is 364 g/mol. The van der Waals surface area contributed by atoms with E-state index in [1.165, 1.54) is 6.07 Å². The minimum Gasteiger partial charge on any atom is -0.381 e. The first-order valence-electron chi connectivity index (χ1n) is 8.51. The van der Waals surface area contributed by atoms with Crippen molar-refractivity contribution in [3.63, 3.8) is 0 Å². The third-order valence-corrected chi connectivity index (χ3v) is 5.71. The van der Waals surface area contributed by atoms with E-state index in [1.807, 2.05) is 13.8 Å². The summed E-state index contributed by atoms with van der Waals surface area (Å²) in [6, 6.07) is 4.86. The van der Waals surface area contributed by atoms with Crippen LogP contribution in [0.2, 0.25) is 0 Å². The summed E-state index contributed by atoms with van der Waals surface area (Å²) in [6.45, 7) is 5.26. The number of carbonyl (C=O) groups is 1. The molecule has 2 N–H and O–H groups in total. The Balaban J connectivity index is 1.94. The maximum atomic E-state index is 12.7. The lowest BCUT2D eigenvalue weighted by atomic mass is 9.84. The number of hydrogen-bond acceptors (Lipinski definition) is 5. The summed E-state index contributed by atoms with van der Waals surface area (Å²) in [5.74, 6) is 0.137. The fourth-order valence-electron chi connectivity index (χ4n) is 3.55. The van der Waals surface area contributed by atoms with Crippen molar-refractivity contribution in [2.75, 3.05) is 13.2 Å². The van der Waals surface area contributed by atoms with Gasteiger partial charge in [0, 0.05) is 31.1 Å². The Hall–Kier alpha value is -1.57. The summed E-state index contributed by atoms with van der Waals surface area (Å²) in [6.07, 6.45) is 2.39. The second-order valence-electron chi connectivity index (χ2n) is 7.44. The Labute approximate surface area is 148 Å². The highest BCUT2D eigenvalue weighted by molar-refractivity contribution is 7.89. The number of primary sulfonamides is 1. The molecular weight excluding hydrogens is 340 g/mol. The Bertz CT molecular complexity index is 821. The van der Waals surface area contributed by atoms with E-state index in [1.54, 1.807) is 12.1 Å². The summed E-state index contributed by atoms with van der Waals surface area (Å²) in [5, 5.41) is 5.26. The quantitative estimate of drug-likeness (QED) is 0.881. The SMILES string of the molecule is CC1(C)Cc2ccc(S(N)(=O)=O)cc2C(CC(=O)C2CCOCC2)=N1. The van der Waals surface area contributed by atoms with Crippen LogP contribution in [-0.2, 0) is 26.0 Å². The van der Waals surface area contributed by atoms with E-state index in [0.29, 0.717) is 25.3 Å². The van der Waals surface area contributed by atoms with Gasteiger partial charge in [-0.05, 0) is 50.8 Å². The number of fused-ring (bicyclic) bond motifs is 1. The lowest BCUT2D eigenvalue weighted by Crippen LogP contribution is -2.32. The van der Waals surface area contributed by atoms with E-state index in [4.69, 9.17) is 14.9 Å². The zero-order valence-corrected chi connectivity index (χ0v) is 15.4. The van der Waals surface area contributed by atoms with Crippen molar-refractivity contribution in [3.05, 3.63) is 29.3 Å². The predicted octanol–water partition coefficient (Wildman–Crippen LogP) is 1.84. The number of nitrogens with zero attached hydrogens (tertiary/aromatic N) is 1. The van der Waals surface area contributed by atoms with E-state index in [0.717, 1.165) is 24.0 Å². The standard InChI is InChI=1S/C18H24N2O4S/c1-18(2)11-13-3-4-14(25(19,22)23)9-15(13)16(20-18)10-17(21)12-5-7-24-8-6-12/h3-4,9,12H,5-8,10-11H2,1-2H3,(H2,19,22,23). The Morgan fingerprint density at radius 3 is 2.64 bits per heavy atom. The van der Waals surface area contributed by atoms with Gasteiger partial charge in [0.15, 0.2) is 0 Å². The van der Waals surface area contributed by atoms with E-state index < -0.39 is 10.0 Å². The van der Waals surface area contributed by atoms with Crippen molar-refractivity contribution in [1.29, 1.82) is 0 Å². The average molecular weight is 364 g/mol. The van der Waals surface area contributed by atoms with Gasteiger partial charge in [-0.25, -0.2) is 13.6 Å². The minimum absolute atomic E-state index is 0.00800. The van der Waals surface area contributed by atoms with Crippen molar-refractivity contribution in [2.45, 2.75) is 50.0 Å². The fraction of sp³-hybridized carbons (Fsp3) is 0.556. The number of hydrogen-bond donors (Lipinski definition) is 1. The molecule has 2 heterocycles. The van der Waals surface area contributed by atoms with Crippen molar-refractivity contribution in [1.82, 2.24) is 0 Å². The summed E-state index contributed by atoms with van der Waals surface area (Å²) in [7, 11) is -3.79. The third kappa shape index (κ3) is 4.16. The zero-order valence-electron chi connectivity index (χ0n) is 14.6. The molecule has 0 spiro atoms. The van der Waals surface area contributed by atoms with Crippen LogP contribution in [-0.4, -0.2) is 38.7 Å². The second kappa shape index (κ2) is 6.63. The number of carbonyl (C=O) groups excluding carboxylic acids is 1. The Morgan fingerprint density at radius 1 is 1.32 bits per heavy atom. The van der Waals surface area contributed by atoms with Crippen molar-refractivity contribution < 1.29 is 17.9 Å². The molecule has 2 aliphatic rings. The molecular formula is C18H24N2O4S. The van der Waals surface area contributed by atoms with Crippen LogP contribution < -0.4 is 5.14 Å². The molecule has 2 aliphatic heterocycles. The predicted molar refractivity (Wildman–Crippen MR) is 95.3 cm³/mol. The van der Waals surface area contributed by atoms with Gasteiger partial charge in [-0.15, -0.1) is 0 Å². The summed E-state index contributed by atoms with van der Waals surface area (Å²) < 4.78 is 28.7. The van der Waals surface area contributed by atoms with Crippen molar-refractivity contribution in [2.24, 2.45) is 16.0 Å². The molecule has 3 rings (SSSR count). The van der Waals surface area contributed by atoms with Crippen LogP contribution in [0.5, 0.6) is 0 Å². The maximum Gasteiger partial charge on any atom is 0.238 e. The zero-order chi connectivity index (χ0) is 18.2. The topological polar surface area (TPSA) is 98.8 Å². The molecule has 0 radical (unpaired) electrons. The molecule has 0 saturated carbocycles. The van der Waals surface area contributed by atoms with E-state index in [-0.39, 0.29) is 28.6 Å². The van der Waals surface area contributed by atoms with Gasteiger partial charge < -0.3 is 4.74 Å². The number of nitrogens with two attached hydrogens (primary N) is 1. The maximum absolute atomic E-state index is 12.7. The summed E-state index contributed by atoms with van der Waals surface area (Å²) >= 11 is 0. The molecule has 0 aliphatic carbocycles. The van der Waals surface area contributed by atoms with E-state index in [2.05, 4.69) is 0 Å². The second-order valence-corrected chi connectivity index (χ2v) is 9.00. The average Bonchev–Trinajstić information content (AvgIpc) is 2.53. The molecule has 0 bridgehead atoms. The van der Waals surface area contributed by atoms with Gasteiger partial charge in [-0.2, -0.15) is 0 Å². The molecule has 1 aromatic carbocycles. The van der Waals surface area contributed by atoms with E-state index in [9.17, 15) is 13.2 Å². The summed E-state index contributed by atoms with van der Waals surface area (Å²) in [4.78, 5) is 17.5. The van der Waals surface area contributed by atoms with Gasteiger partial charge in [0.25, 0.3) is 0 Å². The highest BCUT2D eigenvalue weighted by Gasteiger charge is 2.30. The third-order valence-electron chi connectivity index (χ3n) is 4.80. The summed E-state index contributed by atoms with van der Waals surface area (Å²) in [5.41, 5.74) is 2.07. The van der Waals surface area contributed by atoms with Crippen molar-refractivity contribution in [3.8, 4) is 0 Å². The highest BCUT2D eigenvalue weighted by atomic mass is 32.2. The number of sulfonamides is 1. The van der Waals surface area contributed by atoms with Gasteiger partial charge in [0.05, 0.1) is 16.1 Å². The van der Waals surface area contributed by atoms with Crippen LogP contribution >= 0.6 is 0 Å². The number of rotatable bonds is 4.